The Kier molecular flexibility index (Phi) is 6.99. The van der Waals surface area contributed by atoms with Gasteiger partial charge in [0.1, 0.15) is 6.54 Å². The monoisotopic (exact) mass is 289 g/mol. The molecular weight excluding hydrogens is 270 g/mol. The number of hydrogen-bond donors (Lipinski definition) is 2. The van der Waals surface area contributed by atoms with E-state index in [1.165, 1.54) is 0 Å². The van der Waals surface area contributed by atoms with Crippen LogP contribution in [0.15, 0.2) is 18.2 Å². The first-order chi connectivity index (χ1) is 10.1. The number of carbonyl (C=O) groups excluding carboxylic acids is 2. The SMILES string of the molecule is CCOC(=O)CNC(=O)c1ccc(C)c(C#CCCO)c1. The molecule has 21 heavy (non-hydrogen) atoms. The van der Waals surface area contributed by atoms with Gasteiger partial charge in [0.25, 0.3) is 5.91 Å². The van der Waals surface area contributed by atoms with Gasteiger partial charge in [-0.1, -0.05) is 17.9 Å². The minimum absolute atomic E-state index is 0.00572. The number of benzene rings is 1. The highest BCUT2D eigenvalue weighted by atomic mass is 16.5. The third-order valence-corrected chi connectivity index (χ3v) is 2.66. The number of aliphatic hydroxyl groups excluding tert-OH is 1. The standard InChI is InChI=1S/C16H19NO4/c1-3-21-15(19)11-17-16(20)14-8-7-12(2)13(10-14)6-4-5-9-18/h7-8,10,18H,3,5,9,11H2,1-2H3,(H,17,20). The van der Waals surface area contributed by atoms with Crippen LogP contribution in [-0.4, -0.2) is 36.7 Å². The lowest BCUT2D eigenvalue weighted by atomic mass is 10.0. The fraction of sp³-hybridized carbons (Fsp3) is 0.375. The highest BCUT2D eigenvalue weighted by molar-refractivity contribution is 5.96. The quantitative estimate of drug-likeness (QED) is 0.627. The predicted molar refractivity (Wildman–Crippen MR) is 78.7 cm³/mol. The molecule has 0 atom stereocenters. The van der Waals surface area contributed by atoms with Crippen molar-refractivity contribution >= 4 is 11.9 Å². The van der Waals surface area contributed by atoms with Gasteiger partial charge in [-0.3, -0.25) is 9.59 Å². The van der Waals surface area contributed by atoms with E-state index < -0.39 is 5.97 Å². The van der Waals surface area contributed by atoms with Crippen molar-refractivity contribution in [2.45, 2.75) is 20.3 Å². The molecule has 0 spiro atoms. The Morgan fingerprint density at radius 1 is 1.38 bits per heavy atom. The van der Waals surface area contributed by atoms with Crippen molar-refractivity contribution in [3.8, 4) is 11.8 Å². The van der Waals surface area contributed by atoms with E-state index in [0.717, 1.165) is 11.1 Å². The van der Waals surface area contributed by atoms with E-state index in [4.69, 9.17) is 9.84 Å². The zero-order chi connectivity index (χ0) is 15.7. The van der Waals surface area contributed by atoms with Crippen LogP contribution in [0.3, 0.4) is 0 Å². The van der Waals surface area contributed by atoms with Crippen LogP contribution in [0.5, 0.6) is 0 Å². The highest BCUT2D eigenvalue weighted by Crippen LogP contribution is 2.10. The van der Waals surface area contributed by atoms with Gasteiger partial charge in [0, 0.05) is 17.5 Å². The van der Waals surface area contributed by atoms with E-state index in [9.17, 15) is 9.59 Å². The average molecular weight is 289 g/mol. The lowest BCUT2D eigenvalue weighted by Gasteiger charge is -2.06. The first-order valence-electron chi connectivity index (χ1n) is 6.72. The smallest absolute Gasteiger partial charge is 0.325 e. The van der Waals surface area contributed by atoms with E-state index >= 15 is 0 Å². The third-order valence-electron chi connectivity index (χ3n) is 2.66. The van der Waals surface area contributed by atoms with Gasteiger partial charge < -0.3 is 15.2 Å². The number of aliphatic hydroxyl groups is 1. The van der Waals surface area contributed by atoms with E-state index in [1.807, 2.05) is 6.92 Å². The molecule has 0 saturated heterocycles. The zero-order valence-electron chi connectivity index (χ0n) is 12.2. The molecule has 1 aromatic rings. The molecule has 0 fully saturated rings. The Balaban J connectivity index is 2.75. The molecule has 0 aliphatic rings. The average Bonchev–Trinajstić information content (AvgIpc) is 2.47. The van der Waals surface area contributed by atoms with Crippen molar-refractivity contribution in [2.24, 2.45) is 0 Å². The Bertz CT molecular complexity index is 569. The molecule has 0 saturated carbocycles. The summed E-state index contributed by atoms with van der Waals surface area (Å²) in [5.74, 6) is 4.91. The molecule has 0 aromatic heterocycles. The van der Waals surface area contributed by atoms with E-state index in [-0.39, 0.29) is 25.7 Å². The van der Waals surface area contributed by atoms with Crippen molar-refractivity contribution in [1.82, 2.24) is 5.32 Å². The van der Waals surface area contributed by atoms with Gasteiger partial charge in [0.15, 0.2) is 0 Å². The Morgan fingerprint density at radius 3 is 2.81 bits per heavy atom. The van der Waals surface area contributed by atoms with Crippen LogP contribution in [-0.2, 0) is 9.53 Å². The fourth-order valence-electron chi connectivity index (χ4n) is 1.58. The van der Waals surface area contributed by atoms with Gasteiger partial charge >= 0.3 is 5.97 Å². The zero-order valence-corrected chi connectivity index (χ0v) is 12.2. The highest BCUT2D eigenvalue weighted by Gasteiger charge is 2.09. The first kappa shape index (κ1) is 16.7. The lowest BCUT2D eigenvalue weighted by Crippen LogP contribution is -2.30. The maximum absolute atomic E-state index is 11.9. The molecule has 0 heterocycles. The van der Waals surface area contributed by atoms with Crippen LogP contribution >= 0.6 is 0 Å². The van der Waals surface area contributed by atoms with Crippen molar-refractivity contribution in [3.63, 3.8) is 0 Å². The fourth-order valence-corrected chi connectivity index (χ4v) is 1.58. The maximum atomic E-state index is 11.9. The molecule has 0 bridgehead atoms. The number of carbonyl (C=O) groups is 2. The number of aryl methyl sites for hydroxylation is 1. The van der Waals surface area contributed by atoms with E-state index in [0.29, 0.717) is 12.0 Å². The molecule has 0 unspecified atom stereocenters. The second-order valence-electron chi connectivity index (χ2n) is 4.29. The van der Waals surface area contributed by atoms with Gasteiger partial charge in [-0.15, -0.1) is 0 Å². The molecule has 5 heteroatoms. The summed E-state index contributed by atoms with van der Waals surface area (Å²) < 4.78 is 4.74. The van der Waals surface area contributed by atoms with Crippen LogP contribution in [0.1, 0.15) is 34.8 Å². The normalized spacial score (nSPS) is 9.48. The Hall–Kier alpha value is -2.32. The van der Waals surface area contributed by atoms with Gasteiger partial charge in [-0.2, -0.15) is 0 Å². The Morgan fingerprint density at radius 2 is 2.14 bits per heavy atom. The molecule has 2 N–H and O–H groups in total. The number of ether oxygens (including phenoxy) is 1. The van der Waals surface area contributed by atoms with Crippen LogP contribution in [0.4, 0.5) is 0 Å². The largest absolute Gasteiger partial charge is 0.465 e. The lowest BCUT2D eigenvalue weighted by molar-refractivity contribution is -0.141. The number of esters is 1. The van der Waals surface area contributed by atoms with Crippen molar-refractivity contribution in [1.29, 1.82) is 0 Å². The maximum Gasteiger partial charge on any atom is 0.325 e. The molecule has 5 nitrogen and oxygen atoms in total. The van der Waals surface area contributed by atoms with Crippen molar-refractivity contribution in [2.75, 3.05) is 19.8 Å². The van der Waals surface area contributed by atoms with Gasteiger partial charge in [-0.25, -0.2) is 0 Å². The minimum Gasteiger partial charge on any atom is -0.465 e. The summed E-state index contributed by atoms with van der Waals surface area (Å²) >= 11 is 0. The molecule has 112 valence electrons. The summed E-state index contributed by atoms with van der Waals surface area (Å²) in [6.45, 7) is 3.72. The number of rotatable bonds is 5. The summed E-state index contributed by atoms with van der Waals surface area (Å²) in [6, 6.07) is 5.13. The molecule has 1 amide bonds. The summed E-state index contributed by atoms with van der Waals surface area (Å²) in [7, 11) is 0. The molecule has 1 aromatic carbocycles. The first-order valence-corrected chi connectivity index (χ1v) is 6.72. The Labute approximate surface area is 124 Å². The topological polar surface area (TPSA) is 75.6 Å². The summed E-state index contributed by atoms with van der Waals surface area (Å²) in [5, 5.41) is 11.2. The molecular formula is C16H19NO4. The van der Waals surface area contributed by atoms with Crippen molar-refractivity contribution in [3.05, 3.63) is 34.9 Å². The third kappa shape index (κ3) is 5.67. The van der Waals surface area contributed by atoms with Crippen LogP contribution in [0.2, 0.25) is 0 Å². The van der Waals surface area contributed by atoms with Crippen LogP contribution in [0.25, 0.3) is 0 Å². The number of hydrogen-bond acceptors (Lipinski definition) is 4. The molecule has 0 radical (unpaired) electrons. The number of nitrogens with one attached hydrogen (secondary N) is 1. The summed E-state index contributed by atoms with van der Waals surface area (Å²) in [4.78, 5) is 23.1. The van der Waals surface area contributed by atoms with Crippen LogP contribution in [0, 0.1) is 18.8 Å². The van der Waals surface area contributed by atoms with Crippen molar-refractivity contribution < 1.29 is 19.4 Å². The minimum atomic E-state index is -0.471. The molecule has 0 aliphatic heterocycles. The second kappa shape index (κ2) is 8.77. The summed E-state index contributed by atoms with van der Waals surface area (Å²) in [6.07, 6.45) is 0.388. The number of amides is 1. The molecule has 1 rings (SSSR count). The second-order valence-corrected chi connectivity index (χ2v) is 4.29. The van der Waals surface area contributed by atoms with Gasteiger partial charge in [0.2, 0.25) is 0 Å². The van der Waals surface area contributed by atoms with Gasteiger partial charge in [0.05, 0.1) is 13.2 Å². The van der Waals surface area contributed by atoms with E-state index in [2.05, 4.69) is 17.2 Å². The van der Waals surface area contributed by atoms with E-state index in [1.54, 1.807) is 25.1 Å². The molecule has 0 aliphatic carbocycles. The van der Waals surface area contributed by atoms with Crippen LogP contribution < -0.4 is 5.32 Å². The predicted octanol–water partition coefficient (Wildman–Crippen LogP) is 1.02. The summed E-state index contributed by atoms with van der Waals surface area (Å²) in [5.41, 5.74) is 2.10. The van der Waals surface area contributed by atoms with Gasteiger partial charge in [-0.05, 0) is 31.5 Å².